The summed E-state index contributed by atoms with van der Waals surface area (Å²) in [7, 11) is 0. The lowest BCUT2D eigenvalue weighted by Crippen LogP contribution is -2.16. The molecule has 2 heterocycles. The molecule has 20 heavy (non-hydrogen) atoms. The second-order valence-corrected chi connectivity index (χ2v) is 5.16. The lowest BCUT2D eigenvalue weighted by Gasteiger charge is -2.16. The molecule has 1 fully saturated rings. The maximum absolute atomic E-state index is 8.82. The van der Waals surface area contributed by atoms with E-state index in [-0.39, 0.29) is 0 Å². The summed E-state index contributed by atoms with van der Waals surface area (Å²) < 4.78 is 1.87. The predicted octanol–water partition coefficient (Wildman–Crippen LogP) is 2.61. The van der Waals surface area contributed by atoms with E-state index in [0.717, 1.165) is 28.8 Å². The second-order valence-electron chi connectivity index (χ2n) is 5.16. The van der Waals surface area contributed by atoms with Gasteiger partial charge in [0, 0.05) is 24.3 Å². The molecule has 3 rings (SSSR count). The van der Waals surface area contributed by atoms with Crippen LogP contribution < -0.4 is 5.32 Å². The number of nitrogens with one attached hydrogen (secondary N) is 1. The Balaban J connectivity index is 2.07. The van der Waals surface area contributed by atoms with E-state index in [9.17, 15) is 0 Å². The van der Waals surface area contributed by atoms with Gasteiger partial charge in [-0.1, -0.05) is 18.0 Å². The van der Waals surface area contributed by atoms with Gasteiger partial charge in [0.15, 0.2) is 5.65 Å². The predicted molar refractivity (Wildman–Crippen MR) is 78.5 cm³/mol. The van der Waals surface area contributed by atoms with E-state index in [2.05, 4.69) is 20.6 Å². The molecule has 1 aliphatic rings. The van der Waals surface area contributed by atoms with Crippen molar-refractivity contribution in [2.75, 3.05) is 5.32 Å². The summed E-state index contributed by atoms with van der Waals surface area (Å²) >= 11 is 0. The molecular formula is C14H19N5O. The summed E-state index contributed by atoms with van der Waals surface area (Å²) in [5.74, 6) is 0. The van der Waals surface area contributed by atoms with Crippen molar-refractivity contribution in [3.8, 4) is 0 Å². The fraction of sp³-hybridized carbons (Fsp3) is 0.500. The van der Waals surface area contributed by atoms with Crippen LogP contribution in [0.15, 0.2) is 17.5 Å². The zero-order valence-corrected chi connectivity index (χ0v) is 11.6. The van der Waals surface area contributed by atoms with Crippen molar-refractivity contribution in [2.45, 2.75) is 45.2 Å². The van der Waals surface area contributed by atoms with Crippen molar-refractivity contribution >= 4 is 22.9 Å². The molecule has 2 N–H and O–H groups in total. The van der Waals surface area contributed by atoms with Crippen LogP contribution in [0.2, 0.25) is 0 Å². The number of nitrogens with zero attached hydrogens (tertiary/aromatic N) is 4. The molecule has 0 amide bonds. The summed E-state index contributed by atoms with van der Waals surface area (Å²) in [5.41, 5.74) is 2.63. The SMILES string of the molecule is CCn1ncc2c(NC3CCCC3)c(C=NO)cnc21. The van der Waals surface area contributed by atoms with E-state index < -0.39 is 0 Å². The van der Waals surface area contributed by atoms with Crippen molar-refractivity contribution in [1.82, 2.24) is 14.8 Å². The first-order chi connectivity index (χ1) is 9.83. The Morgan fingerprint density at radius 3 is 2.95 bits per heavy atom. The number of rotatable bonds is 4. The summed E-state index contributed by atoms with van der Waals surface area (Å²) in [6.45, 7) is 2.83. The molecule has 2 aromatic heterocycles. The van der Waals surface area contributed by atoms with Crippen molar-refractivity contribution < 1.29 is 5.21 Å². The van der Waals surface area contributed by atoms with Gasteiger partial charge in [-0.25, -0.2) is 9.67 Å². The molecule has 0 bridgehead atoms. The van der Waals surface area contributed by atoms with Gasteiger partial charge in [0.2, 0.25) is 0 Å². The zero-order chi connectivity index (χ0) is 13.9. The monoisotopic (exact) mass is 273 g/mol. The van der Waals surface area contributed by atoms with E-state index in [1.54, 1.807) is 6.20 Å². The summed E-state index contributed by atoms with van der Waals surface area (Å²) in [4.78, 5) is 4.42. The molecule has 2 aromatic rings. The van der Waals surface area contributed by atoms with Crippen LogP contribution in [0.25, 0.3) is 11.0 Å². The van der Waals surface area contributed by atoms with Crippen molar-refractivity contribution in [1.29, 1.82) is 0 Å². The van der Waals surface area contributed by atoms with E-state index in [4.69, 9.17) is 5.21 Å². The molecule has 1 aliphatic carbocycles. The largest absolute Gasteiger partial charge is 0.411 e. The van der Waals surface area contributed by atoms with Crippen LogP contribution in [0.4, 0.5) is 5.69 Å². The molecule has 0 atom stereocenters. The number of aryl methyl sites for hydroxylation is 1. The molecule has 106 valence electrons. The van der Waals surface area contributed by atoms with Crippen LogP contribution in [0.1, 0.15) is 38.2 Å². The molecule has 0 unspecified atom stereocenters. The molecule has 0 aromatic carbocycles. The zero-order valence-electron chi connectivity index (χ0n) is 11.6. The van der Waals surface area contributed by atoms with Crippen molar-refractivity contribution in [3.05, 3.63) is 18.0 Å². The first kappa shape index (κ1) is 12.9. The minimum Gasteiger partial charge on any atom is -0.411 e. The molecule has 0 spiro atoms. The molecule has 0 aliphatic heterocycles. The quantitative estimate of drug-likeness (QED) is 0.510. The molecule has 0 saturated heterocycles. The Bertz CT molecular complexity index is 628. The highest BCUT2D eigenvalue weighted by atomic mass is 16.4. The Hall–Kier alpha value is -2.11. The van der Waals surface area contributed by atoms with E-state index in [0.29, 0.717) is 6.04 Å². The summed E-state index contributed by atoms with van der Waals surface area (Å²) in [6, 6.07) is 0.483. The molecular weight excluding hydrogens is 254 g/mol. The number of pyridine rings is 1. The third kappa shape index (κ3) is 2.21. The van der Waals surface area contributed by atoms with Crippen molar-refractivity contribution in [2.24, 2.45) is 5.16 Å². The van der Waals surface area contributed by atoms with Crippen LogP contribution in [0.3, 0.4) is 0 Å². The summed E-state index contributed by atoms with van der Waals surface area (Å²) in [6.07, 6.45) is 9.88. The van der Waals surface area contributed by atoms with Gasteiger partial charge in [0.25, 0.3) is 0 Å². The van der Waals surface area contributed by atoms with Gasteiger partial charge in [-0.2, -0.15) is 5.10 Å². The third-order valence-corrected chi connectivity index (χ3v) is 3.90. The Kier molecular flexibility index (Phi) is 3.54. The standard InChI is InChI=1S/C14H19N5O/c1-2-19-14-12(9-16-19)13(10(7-15-14)8-17-20)18-11-5-3-4-6-11/h7-9,11,20H,2-6H2,1H3,(H,15,18). The lowest BCUT2D eigenvalue weighted by molar-refractivity contribution is 0.322. The molecule has 6 heteroatoms. The van der Waals surface area contributed by atoms with Gasteiger partial charge in [-0.3, -0.25) is 0 Å². The van der Waals surface area contributed by atoms with Gasteiger partial charge < -0.3 is 10.5 Å². The molecule has 6 nitrogen and oxygen atoms in total. The number of fused-ring (bicyclic) bond motifs is 1. The molecule has 0 radical (unpaired) electrons. The minimum atomic E-state index is 0.483. The third-order valence-electron chi connectivity index (χ3n) is 3.90. The number of aromatic nitrogens is 3. The van der Waals surface area contributed by atoms with Gasteiger partial charge in [0.1, 0.15) is 0 Å². The minimum absolute atomic E-state index is 0.483. The number of anilines is 1. The molecule has 1 saturated carbocycles. The lowest BCUT2D eigenvalue weighted by atomic mass is 10.1. The number of hydrogen-bond donors (Lipinski definition) is 2. The van der Waals surface area contributed by atoms with E-state index in [1.807, 2.05) is 17.8 Å². The van der Waals surface area contributed by atoms with Gasteiger partial charge in [0.05, 0.1) is 23.5 Å². The summed E-state index contributed by atoms with van der Waals surface area (Å²) in [5, 5.41) is 20.9. The first-order valence-electron chi connectivity index (χ1n) is 7.12. The average molecular weight is 273 g/mol. The van der Waals surface area contributed by atoms with Crippen LogP contribution >= 0.6 is 0 Å². The van der Waals surface area contributed by atoms with Gasteiger partial charge in [-0.05, 0) is 19.8 Å². The Labute approximate surface area is 117 Å². The van der Waals surface area contributed by atoms with Gasteiger partial charge in [-0.15, -0.1) is 0 Å². The smallest absolute Gasteiger partial charge is 0.159 e. The van der Waals surface area contributed by atoms with Crippen LogP contribution in [-0.4, -0.2) is 32.2 Å². The van der Waals surface area contributed by atoms with Crippen LogP contribution in [-0.2, 0) is 6.54 Å². The highest BCUT2D eigenvalue weighted by molar-refractivity contribution is 6.00. The van der Waals surface area contributed by atoms with E-state index in [1.165, 1.54) is 31.9 Å². The normalized spacial score (nSPS) is 16.4. The fourth-order valence-corrected chi connectivity index (χ4v) is 2.87. The first-order valence-corrected chi connectivity index (χ1v) is 7.12. The van der Waals surface area contributed by atoms with Crippen LogP contribution in [0.5, 0.6) is 0 Å². The average Bonchev–Trinajstić information content (AvgIpc) is 3.10. The fourth-order valence-electron chi connectivity index (χ4n) is 2.87. The second kappa shape index (κ2) is 5.48. The highest BCUT2D eigenvalue weighted by Crippen LogP contribution is 2.29. The van der Waals surface area contributed by atoms with E-state index >= 15 is 0 Å². The van der Waals surface area contributed by atoms with Crippen molar-refractivity contribution in [3.63, 3.8) is 0 Å². The Morgan fingerprint density at radius 2 is 2.25 bits per heavy atom. The van der Waals surface area contributed by atoms with Crippen LogP contribution in [0, 0.1) is 0 Å². The number of oxime groups is 1. The maximum atomic E-state index is 8.82. The maximum Gasteiger partial charge on any atom is 0.159 e. The van der Waals surface area contributed by atoms with Gasteiger partial charge >= 0.3 is 0 Å². The highest BCUT2D eigenvalue weighted by Gasteiger charge is 2.19. The number of hydrogen-bond acceptors (Lipinski definition) is 5. The topological polar surface area (TPSA) is 75.3 Å². The Morgan fingerprint density at radius 1 is 1.45 bits per heavy atom.